The van der Waals surface area contributed by atoms with E-state index in [1.54, 1.807) is 25.3 Å². The van der Waals surface area contributed by atoms with Crippen LogP contribution in [-0.4, -0.2) is 36.4 Å². The molecule has 3 rings (SSSR count). The third kappa shape index (κ3) is 6.06. The molecular formula is C23H29N3O3. The highest BCUT2D eigenvalue weighted by molar-refractivity contribution is 5.95. The number of rotatable bonds is 9. The molecule has 0 unspecified atom stereocenters. The van der Waals surface area contributed by atoms with Crippen LogP contribution in [0.1, 0.15) is 37.8 Å². The van der Waals surface area contributed by atoms with Crippen LogP contribution in [0.2, 0.25) is 0 Å². The van der Waals surface area contributed by atoms with Crippen LogP contribution < -0.4 is 15.4 Å². The van der Waals surface area contributed by atoms with E-state index in [0.29, 0.717) is 29.7 Å². The summed E-state index contributed by atoms with van der Waals surface area (Å²) in [5, 5.41) is 5.66. The van der Waals surface area contributed by atoms with Gasteiger partial charge in [-0.05, 0) is 48.6 Å². The number of anilines is 2. The number of amides is 2. The van der Waals surface area contributed by atoms with Gasteiger partial charge in [0.1, 0.15) is 5.75 Å². The van der Waals surface area contributed by atoms with Crippen molar-refractivity contribution in [2.75, 3.05) is 24.3 Å². The number of nitrogens with one attached hydrogen (secondary N) is 2. The fraction of sp³-hybridized carbons (Fsp3) is 0.391. The van der Waals surface area contributed by atoms with Crippen LogP contribution in [0, 0.1) is 0 Å². The molecule has 0 spiro atoms. The fourth-order valence-corrected chi connectivity index (χ4v) is 3.33. The second-order valence-electron chi connectivity index (χ2n) is 7.45. The Kier molecular flexibility index (Phi) is 6.88. The maximum absolute atomic E-state index is 12.8. The smallest absolute Gasteiger partial charge is 0.238 e. The molecule has 0 atom stereocenters. The van der Waals surface area contributed by atoms with Gasteiger partial charge in [0.15, 0.2) is 0 Å². The van der Waals surface area contributed by atoms with E-state index in [4.69, 9.17) is 4.74 Å². The van der Waals surface area contributed by atoms with E-state index in [-0.39, 0.29) is 11.8 Å². The van der Waals surface area contributed by atoms with Crippen molar-refractivity contribution in [1.29, 1.82) is 0 Å². The standard InChI is InChI=1S/C23H29N3O3/c1-4-17-5-7-18(8-6-17)14-26(20-10-11-20)15-23(28)25-21-13-19(24-16(2)27)9-12-22(21)29-3/h5-9,12-13,20H,4,10-11,14-15H2,1-3H3,(H,24,27)(H,25,28). The summed E-state index contributed by atoms with van der Waals surface area (Å²) >= 11 is 0. The molecule has 1 aliphatic carbocycles. The van der Waals surface area contributed by atoms with Gasteiger partial charge in [-0.2, -0.15) is 0 Å². The quantitative estimate of drug-likeness (QED) is 0.677. The summed E-state index contributed by atoms with van der Waals surface area (Å²) in [5.74, 6) is 0.294. The van der Waals surface area contributed by atoms with Crippen LogP contribution in [0.3, 0.4) is 0 Å². The first-order chi connectivity index (χ1) is 14.0. The Morgan fingerprint density at radius 1 is 1.07 bits per heavy atom. The van der Waals surface area contributed by atoms with E-state index in [0.717, 1.165) is 25.8 Å². The van der Waals surface area contributed by atoms with Crippen molar-refractivity contribution in [2.24, 2.45) is 0 Å². The Labute approximate surface area is 172 Å². The van der Waals surface area contributed by atoms with Crippen molar-refractivity contribution in [3.63, 3.8) is 0 Å². The molecule has 2 aromatic carbocycles. The van der Waals surface area contributed by atoms with Crippen LogP contribution in [0.15, 0.2) is 42.5 Å². The highest BCUT2D eigenvalue weighted by Gasteiger charge is 2.30. The number of carbonyl (C=O) groups excluding carboxylic acids is 2. The lowest BCUT2D eigenvalue weighted by Gasteiger charge is -2.22. The first-order valence-electron chi connectivity index (χ1n) is 10.1. The molecule has 0 saturated heterocycles. The fourth-order valence-electron chi connectivity index (χ4n) is 3.33. The SMILES string of the molecule is CCc1ccc(CN(CC(=O)Nc2cc(NC(C)=O)ccc2OC)C2CC2)cc1. The topological polar surface area (TPSA) is 70.7 Å². The third-order valence-corrected chi connectivity index (χ3v) is 5.02. The number of aryl methyl sites for hydroxylation is 1. The molecule has 29 heavy (non-hydrogen) atoms. The second kappa shape index (κ2) is 9.56. The highest BCUT2D eigenvalue weighted by Crippen LogP contribution is 2.30. The molecule has 2 aromatic rings. The molecule has 154 valence electrons. The maximum Gasteiger partial charge on any atom is 0.238 e. The van der Waals surface area contributed by atoms with Gasteiger partial charge in [-0.25, -0.2) is 0 Å². The van der Waals surface area contributed by atoms with Crippen molar-refractivity contribution < 1.29 is 14.3 Å². The summed E-state index contributed by atoms with van der Waals surface area (Å²) in [6.45, 7) is 4.66. The van der Waals surface area contributed by atoms with Gasteiger partial charge in [0.05, 0.1) is 19.3 Å². The average Bonchev–Trinajstić information content (AvgIpc) is 3.53. The van der Waals surface area contributed by atoms with E-state index < -0.39 is 0 Å². The predicted octanol–water partition coefficient (Wildman–Crippen LogP) is 3.82. The summed E-state index contributed by atoms with van der Waals surface area (Å²) in [4.78, 5) is 26.3. The summed E-state index contributed by atoms with van der Waals surface area (Å²) in [6, 6.07) is 14.2. The van der Waals surface area contributed by atoms with E-state index in [1.165, 1.54) is 18.1 Å². The third-order valence-electron chi connectivity index (χ3n) is 5.02. The van der Waals surface area contributed by atoms with Crippen molar-refractivity contribution in [3.05, 3.63) is 53.6 Å². The lowest BCUT2D eigenvalue weighted by atomic mass is 10.1. The van der Waals surface area contributed by atoms with Crippen LogP contribution in [-0.2, 0) is 22.6 Å². The predicted molar refractivity (Wildman–Crippen MR) is 115 cm³/mol. The van der Waals surface area contributed by atoms with Gasteiger partial charge in [0.25, 0.3) is 0 Å². The van der Waals surface area contributed by atoms with Crippen molar-refractivity contribution in [2.45, 2.75) is 45.7 Å². The molecule has 0 aliphatic heterocycles. The van der Waals surface area contributed by atoms with Gasteiger partial charge in [-0.1, -0.05) is 31.2 Å². The molecule has 6 nitrogen and oxygen atoms in total. The Hall–Kier alpha value is -2.86. The lowest BCUT2D eigenvalue weighted by Crippen LogP contribution is -2.34. The van der Waals surface area contributed by atoms with Gasteiger partial charge in [0.2, 0.25) is 11.8 Å². The Balaban J connectivity index is 1.66. The molecule has 2 N–H and O–H groups in total. The van der Waals surface area contributed by atoms with Crippen molar-refractivity contribution in [1.82, 2.24) is 4.90 Å². The van der Waals surface area contributed by atoms with E-state index in [1.807, 2.05) is 0 Å². The van der Waals surface area contributed by atoms with Gasteiger partial charge in [-0.3, -0.25) is 14.5 Å². The summed E-state index contributed by atoms with van der Waals surface area (Å²) in [5.41, 5.74) is 3.69. The molecule has 1 fully saturated rings. The lowest BCUT2D eigenvalue weighted by molar-refractivity contribution is -0.117. The number of methoxy groups -OCH3 is 1. The van der Waals surface area contributed by atoms with Gasteiger partial charge < -0.3 is 15.4 Å². The minimum atomic E-state index is -0.165. The summed E-state index contributed by atoms with van der Waals surface area (Å²) in [7, 11) is 1.56. The van der Waals surface area contributed by atoms with E-state index in [2.05, 4.69) is 46.7 Å². The Morgan fingerprint density at radius 3 is 2.34 bits per heavy atom. The number of benzene rings is 2. The first kappa shape index (κ1) is 20.9. The number of nitrogens with zero attached hydrogens (tertiary/aromatic N) is 1. The minimum absolute atomic E-state index is 0.0969. The normalized spacial score (nSPS) is 13.2. The minimum Gasteiger partial charge on any atom is -0.495 e. The van der Waals surface area contributed by atoms with Crippen LogP contribution in [0.25, 0.3) is 0 Å². The van der Waals surface area contributed by atoms with Crippen molar-refractivity contribution >= 4 is 23.2 Å². The Morgan fingerprint density at radius 2 is 1.76 bits per heavy atom. The first-order valence-corrected chi connectivity index (χ1v) is 10.1. The zero-order valence-corrected chi connectivity index (χ0v) is 17.3. The molecule has 1 saturated carbocycles. The summed E-state index contributed by atoms with van der Waals surface area (Å²) in [6.07, 6.45) is 3.28. The zero-order chi connectivity index (χ0) is 20.8. The molecule has 1 aliphatic rings. The molecule has 0 aromatic heterocycles. The van der Waals surface area contributed by atoms with E-state index in [9.17, 15) is 9.59 Å². The van der Waals surface area contributed by atoms with Crippen LogP contribution in [0.5, 0.6) is 5.75 Å². The van der Waals surface area contributed by atoms with Crippen LogP contribution in [0.4, 0.5) is 11.4 Å². The number of ether oxygens (including phenoxy) is 1. The monoisotopic (exact) mass is 395 g/mol. The maximum atomic E-state index is 12.8. The molecule has 0 radical (unpaired) electrons. The van der Waals surface area contributed by atoms with Crippen molar-refractivity contribution in [3.8, 4) is 5.75 Å². The average molecular weight is 396 g/mol. The molecule has 0 heterocycles. The van der Waals surface area contributed by atoms with Crippen LogP contribution >= 0.6 is 0 Å². The number of carbonyl (C=O) groups is 2. The molecule has 2 amide bonds. The highest BCUT2D eigenvalue weighted by atomic mass is 16.5. The second-order valence-corrected chi connectivity index (χ2v) is 7.45. The van der Waals surface area contributed by atoms with Gasteiger partial charge >= 0.3 is 0 Å². The van der Waals surface area contributed by atoms with Gasteiger partial charge in [-0.15, -0.1) is 0 Å². The molecule has 6 heteroatoms. The number of hydrogen-bond donors (Lipinski definition) is 2. The largest absolute Gasteiger partial charge is 0.495 e. The van der Waals surface area contributed by atoms with E-state index >= 15 is 0 Å². The Bertz CT molecular complexity index is 860. The summed E-state index contributed by atoms with van der Waals surface area (Å²) < 4.78 is 5.35. The molecular weight excluding hydrogens is 366 g/mol. The molecule has 0 bridgehead atoms. The van der Waals surface area contributed by atoms with Gasteiger partial charge in [0, 0.05) is 25.2 Å². The number of hydrogen-bond acceptors (Lipinski definition) is 4. The zero-order valence-electron chi connectivity index (χ0n) is 17.3.